The Balaban J connectivity index is 1.53. The quantitative estimate of drug-likeness (QED) is 0.422. The predicted octanol–water partition coefficient (Wildman–Crippen LogP) is 2.76. The molecule has 1 N–H and O–H groups in total. The Bertz CT molecular complexity index is 1170. The first-order valence-electron chi connectivity index (χ1n) is 9.64. The average Bonchev–Trinajstić information content (AvgIpc) is 3.28. The second kappa shape index (κ2) is 9.63. The van der Waals surface area contributed by atoms with E-state index in [0.29, 0.717) is 34.8 Å². The maximum atomic E-state index is 13.0. The third-order valence-electron chi connectivity index (χ3n) is 4.74. The first-order valence-corrected chi connectivity index (χ1v) is 11.0. The molecule has 0 saturated carbocycles. The normalized spacial score (nSPS) is 15.9. The summed E-state index contributed by atoms with van der Waals surface area (Å²) in [5, 5.41) is 3.58. The number of fused-ring (bicyclic) bond motifs is 1. The number of nitrogens with one attached hydrogen (secondary N) is 1. The number of nitrogens with zero attached hydrogens (tertiary/aromatic N) is 4. The monoisotopic (exact) mass is 461 g/mol. The number of carbonyl (C=O) groups excluding carboxylic acids is 1. The fraction of sp³-hybridized carbons (Fsp3) is 0.350. The predicted molar refractivity (Wildman–Crippen MR) is 118 cm³/mol. The maximum absolute atomic E-state index is 13.0. The Morgan fingerprint density at radius 2 is 2.23 bits per heavy atom. The van der Waals surface area contributed by atoms with Crippen LogP contribution < -0.4 is 15.6 Å². The highest BCUT2D eigenvalue weighted by molar-refractivity contribution is 7.99. The van der Waals surface area contributed by atoms with Crippen molar-refractivity contribution in [3.8, 4) is 5.75 Å². The van der Waals surface area contributed by atoms with E-state index in [1.54, 1.807) is 18.2 Å². The first-order chi connectivity index (χ1) is 15.0. The molecule has 3 heterocycles. The average molecular weight is 462 g/mol. The van der Waals surface area contributed by atoms with Gasteiger partial charge in [-0.3, -0.25) is 14.2 Å². The summed E-state index contributed by atoms with van der Waals surface area (Å²) in [6, 6.07) is 4.98. The van der Waals surface area contributed by atoms with Crippen LogP contribution in [0.4, 0.5) is 5.69 Å². The van der Waals surface area contributed by atoms with Crippen molar-refractivity contribution in [1.82, 2.24) is 19.5 Å². The number of thioether (sulfide) groups is 1. The van der Waals surface area contributed by atoms with Crippen molar-refractivity contribution in [2.75, 3.05) is 24.8 Å². The number of ether oxygens (including phenoxy) is 2. The highest BCUT2D eigenvalue weighted by Crippen LogP contribution is 2.27. The third kappa shape index (κ3) is 4.97. The highest BCUT2D eigenvalue weighted by Gasteiger charge is 2.21. The first kappa shape index (κ1) is 21.5. The lowest BCUT2D eigenvalue weighted by atomic mass is 10.2. The molecular weight excluding hydrogens is 442 g/mol. The molecule has 162 valence electrons. The molecular formula is C20H20ClN5O4S. The van der Waals surface area contributed by atoms with Crippen LogP contribution in [0.15, 0.2) is 40.5 Å². The van der Waals surface area contributed by atoms with Crippen molar-refractivity contribution in [2.45, 2.75) is 30.6 Å². The van der Waals surface area contributed by atoms with Crippen molar-refractivity contribution in [3.63, 3.8) is 0 Å². The zero-order chi connectivity index (χ0) is 21.8. The van der Waals surface area contributed by atoms with Crippen molar-refractivity contribution in [1.29, 1.82) is 0 Å². The van der Waals surface area contributed by atoms with Crippen LogP contribution in [-0.2, 0) is 16.1 Å². The van der Waals surface area contributed by atoms with Crippen molar-refractivity contribution < 1.29 is 14.3 Å². The van der Waals surface area contributed by atoms with Gasteiger partial charge in [0.1, 0.15) is 5.75 Å². The summed E-state index contributed by atoms with van der Waals surface area (Å²) in [5.41, 5.74) is 0.701. The number of aromatic nitrogens is 4. The molecule has 0 bridgehead atoms. The van der Waals surface area contributed by atoms with Gasteiger partial charge in [0.15, 0.2) is 16.3 Å². The molecule has 4 rings (SSSR count). The number of halogens is 1. The molecule has 2 aromatic heterocycles. The molecule has 1 aliphatic rings. The minimum absolute atomic E-state index is 0.0490. The molecule has 0 aliphatic carbocycles. The Kier molecular flexibility index (Phi) is 6.69. The van der Waals surface area contributed by atoms with E-state index in [1.807, 2.05) is 0 Å². The number of methoxy groups -OCH3 is 1. The Hall–Kier alpha value is -2.69. The molecule has 1 atom stereocenters. The Morgan fingerprint density at radius 3 is 2.97 bits per heavy atom. The topological polar surface area (TPSA) is 108 Å². The van der Waals surface area contributed by atoms with E-state index < -0.39 is 0 Å². The number of anilines is 1. The van der Waals surface area contributed by atoms with Crippen molar-refractivity contribution >= 4 is 46.1 Å². The van der Waals surface area contributed by atoms with Gasteiger partial charge in [0.05, 0.1) is 30.5 Å². The summed E-state index contributed by atoms with van der Waals surface area (Å²) in [7, 11) is 1.52. The zero-order valence-electron chi connectivity index (χ0n) is 16.7. The lowest BCUT2D eigenvalue weighted by molar-refractivity contribution is -0.113. The van der Waals surface area contributed by atoms with Crippen LogP contribution in [0.5, 0.6) is 5.75 Å². The Morgan fingerprint density at radius 1 is 1.39 bits per heavy atom. The van der Waals surface area contributed by atoms with E-state index in [2.05, 4.69) is 20.3 Å². The maximum Gasteiger partial charge on any atom is 0.282 e. The van der Waals surface area contributed by atoms with Crippen LogP contribution in [0.25, 0.3) is 11.2 Å². The number of carbonyl (C=O) groups is 1. The fourth-order valence-corrected chi connectivity index (χ4v) is 4.32. The molecule has 1 unspecified atom stereocenters. The summed E-state index contributed by atoms with van der Waals surface area (Å²) in [5.74, 6) is 0.310. The molecule has 31 heavy (non-hydrogen) atoms. The fourth-order valence-electron chi connectivity index (χ4n) is 3.26. The summed E-state index contributed by atoms with van der Waals surface area (Å²) in [6.07, 6.45) is 4.70. The van der Waals surface area contributed by atoms with Crippen LogP contribution in [0.1, 0.15) is 12.8 Å². The molecule has 9 nitrogen and oxygen atoms in total. The van der Waals surface area contributed by atoms with Gasteiger partial charge in [-0.05, 0) is 31.0 Å². The van der Waals surface area contributed by atoms with E-state index in [-0.39, 0.29) is 34.5 Å². The van der Waals surface area contributed by atoms with Crippen molar-refractivity contribution in [2.24, 2.45) is 0 Å². The molecule has 1 amide bonds. The van der Waals surface area contributed by atoms with Gasteiger partial charge in [-0.25, -0.2) is 15.0 Å². The van der Waals surface area contributed by atoms with E-state index in [1.165, 1.54) is 24.1 Å². The van der Waals surface area contributed by atoms with E-state index in [0.717, 1.165) is 24.6 Å². The second-order valence-corrected chi connectivity index (χ2v) is 8.21. The minimum Gasteiger partial charge on any atom is -0.495 e. The van der Waals surface area contributed by atoms with E-state index in [4.69, 9.17) is 21.1 Å². The molecule has 3 aromatic rings. The SMILES string of the molecule is COc1ccc(NC(=O)CSc2nc3nccnc3c(=O)n2CC2CCCO2)cc1Cl. The number of benzene rings is 1. The molecule has 1 aromatic carbocycles. The van der Waals surface area contributed by atoms with Gasteiger partial charge >= 0.3 is 0 Å². The molecule has 1 fully saturated rings. The van der Waals surface area contributed by atoms with Crippen LogP contribution >= 0.6 is 23.4 Å². The molecule has 1 aliphatic heterocycles. The summed E-state index contributed by atoms with van der Waals surface area (Å²) >= 11 is 7.26. The van der Waals surface area contributed by atoms with Crippen LogP contribution in [-0.4, -0.2) is 51.0 Å². The lowest BCUT2D eigenvalue weighted by Gasteiger charge is -2.16. The standard InChI is InChI=1S/C20H20ClN5O4S/c1-29-15-5-4-12(9-14(15)21)24-16(27)11-31-20-25-18-17(22-6-7-23-18)19(28)26(20)10-13-3-2-8-30-13/h4-7,9,13H,2-3,8,10-11H2,1H3,(H,24,27). The van der Waals surface area contributed by atoms with Gasteiger partial charge in [-0.15, -0.1) is 0 Å². The molecule has 0 spiro atoms. The lowest BCUT2D eigenvalue weighted by Crippen LogP contribution is -2.30. The third-order valence-corrected chi connectivity index (χ3v) is 6.01. The van der Waals surface area contributed by atoms with Crippen molar-refractivity contribution in [3.05, 3.63) is 46.0 Å². The van der Waals surface area contributed by atoms with Gasteiger partial charge in [0, 0.05) is 24.7 Å². The largest absolute Gasteiger partial charge is 0.495 e. The molecule has 0 radical (unpaired) electrons. The number of hydrogen-bond donors (Lipinski definition) is 1. The van der Waals surface area contributed by atoms with Crippen LogP contribution in [0.2, 0.25) is 5.02 Å². The molecule has 1 saturated heterocycles. The smallest absolute Gasteiger partial charge is 0.282 e. The Labute approximate surface area is 187 Å². The van der Waals surface area contributed by atoms with Crippen LogP contribution in [0, 0.1) is 0 Å². The molecule has 11 heteroatoms. The van der Waals surface area contributed by atoms with Gasteiger partial charge in [0.25, 0.3) is 5.56 Å². The number of rotatable bonds is 7. The van der Waals surface area contributed by atoms with Gasteiger partial charge < -0.3 is 14.8 Å². The van der Waals surface area contributed by atoms with Gasteiger partial charge in [-0.2, -0.15) is 0 Å². The van der Waals surface area contributed by atoms with Crippen LogP contribution in [0.3, 0.4) is 0 Å². The summed E-state index contributed by atoms with van der Waals surface area (Å²) < 4.78 is 12.3. The van der Waals surface area contributed by atoms with Gasteiger partial charge in [-0.1, -0.05) is 23.4 Å². The highest BCUT2D eigenvalue weighted by atomic mass is 35.5. The summed E-state index contributed by atoms with van der Waals surface area (Å²) in [4.78, 5) is 38.2. The van der Waals surface area contributed by atoms with E-state index >= 15 is 0 Å². The zero-order valence-corrected chi connectivity index (χ0v) is 18.3. The minimum atomic E-state index is -0.293. The van der Waals surface area contributed by atoms with E-state index in [9.17, 15) is 9.59 Å². The number of hydrogen-bond acceptors (Lipinski definition) is 8. The second-order valence-electron chi connectivity index (χ2n) is 6.86. The van der Waals surface area contributed by atoms with Gasteiger partial charge in [0.2, 0.25) is 5.91 Å². The summed E-state index contributed by atoms with van der Waals surface area (Å²) in [6.45, 7) is 1.03. The number of amides is 1.